The van der Waals surface area contributed by atoms with Gasteiger partial charge < -0.3 is 10.0 Å². The summed E-state index contributed by atoms with van der Waals surface area (Å²) < 4.78 is 24.6. The van der Waals surface area contributed by atoms with Gasteiger partial charge in [-0.05, 0) is 11.6 Å². The van der Waals surface area contributed by atoms with Crippen molar-refractivity contribution in [2.24, 2.45) is 0 Å². The Labute approximate surface area is 91.3 Å². The number of carbonyl (C=O) groups is 1. The molecule has 0 aromatic heterocycles. The Morgan fingerprint density at radius 3 is 2.81 bits per heavy atom. The van der Waals surface area contributed by atoms with Crippen LogP contribution in [0.4, 0.5) is 14.5 Å². The van der Waals surface area contributed by atoms with Gasteiger partial charge in [-0.15, -0.1) is 0 Å². The number of fused-ring (bicyclic) bond motifs is 1. The highest BCUT2D eigenvalue weighted by Gasteiger charge is 2.34. The van der Waals surface area contributed by atoms with Crippen LogP contribution in [0, 0.1) is 0 Å². The van der Waals surface area contributed by atoms with Crippen LogP contribution in [0.25, 0.3) is 0 Å². The van der Waals surface area contributed by atoms with Crippen molar-refractivity contribution in [1.29, 1.82) is 0 Å². The van der Waals surface area contributed by atoms with E-state index in [2.05, 4.69) is 0 Å². The lowest BCUT2D eigenvalue weighted by Crippen LogP contribution is -2.29. The third-order valence-electron chi connectivity index (χ3n) is 2.71. The first-order valence-corrected chi connectivity index (χ1v) is 4.94. The van der Waals surface area contributed by atoms with Gasteiger partial charge in [0.15, 0.2) is 0 Å². The van der Waals surface area contributed by atoms with Crippen molar-refractivity contribution in [1.82, 2.24) is 0 Å². The molecule has 1 N–H and O–H groups in total. The number of benzene rings is 1. The third-order valence-corrected chi connectivity index (χ3v) is 2.71. The van der Waals surface area contributed by atoms with Crippen LogP contribution in [0.15, 0.2) is 24.3 Å². The van der Waals surface area contributed by atoms with E-state index in [0.29, 0.717) is 11.3 Å². The van der Waals surface area contributed by atoms with Gasteiger partial charge in [0.2, 0.25) is 0 Å². The second-order valence-corrected chi connectivity index (χ2v) is 3.75. The topological polar surface area (TPSA) is 40.5 Å². The number of halogens is 2. The molecular formula is C11H11F2NO2. The van der Waals surface area contributed by atoms with Gasteiger partial charge in [-0.25, -0.2) is 8.78 Å². The van der Waals surface area contributed by atoms with E-state index in [4.69, 9.17) is 5.11 Å². The normalized spacial score (nSPS) is 18.9. The average Bonchev–Trinajstić information content (AvgIpc) is 2.57. The minimum absolute atomic E-state index is 0.124. The molecule has 16 heavy (non-hydrogen) atoms. The van der Waals surface area contributed by atoms with Crippen LogP contribution in [0.1, 0.15) is 11.5 Å². The molecule has 0 spiro atoms. The van der Waals surface area contributed by atoms with Crippen molar-refractivity contribution < 1.29 is 18.7 Å². The third kappa shape index (κ3) is 1.85. The molecule has 1 heterocycles. The summed E-state index contributed by atoms with van der Waals surface area (Å²) in [6.45, 7) is -0.292. The SMILES string of the molecule is O=C(O)C1CN(CC(F)F)c2ccccc21. The molecule has 3 nitrogen and oxygen atoms in total. The molecule has 0 fully saturated rings. The predicted molar refractivity (Wildman–Crippen MR) is 55.0 cm³/mol. The molecule has 0 radical (unpaired) electrons. The minimum Gasteiger partial charge on any atom is -0.481 e. The van der Waals surface area contributed by atoms with E-state index in [-0.39, 0.29) is 6.54 Å². The zero-order valence-electron chi connectivity index (χ0n) is 8.44. The number of carboxylic acid groups (broad SMARTS) is 1. The first-order chi connectivity index (χ1) is 7.59. The monoisotopic (exact) mass is 227 g/mol. The molecule has 86 valence electrons. The quantitative estimate of drug-likeness (QED) is 0.857. The van der Waals surface area contributed by atoms with Crippen molar-refractivity contribution in [3.05, 3.63) is 29.8 Å². The predicted octanol–water partition coefficient (Wildman–Crippen LogP) is 1.94. The number of nitrogens with zero attached hydrogens (tertiary/aromatic N) is 1. The van der Waals surface area contributed by atoms with Gasteiger partial charge in [0.25, 0.3) is 6.43 Å². The molecule has 0 bridgehead atoms. The van der Waals surface area contributed by atoms with Crippen molar-refractivity contribution in [3.63, 3.8) is 0 Å². The Morgan fingerprint density at radius 2 is 2.19 bits per heavy atom. The molecule has 0 amide bonds. The van der Waals surface area contributed by atoms with E-state index in [1.807, 2.05) is 0 Å². The Bertz CT molecular complexity index is 409. The zero-order chi connectivity index (χ0) is 11.7. The van der Waals surface area contributed by atoms with Gasteiger partial charge in [-0.3, -0.25) is 4.79 Å². The molecular weight excluding hydrogens is 216 g/mol. The fraction of sp³-hybridized carbons (Fsp3) is 0.364. The van der Waals surface area contributed by atoms with Crippen molar-refractivity contribution in [2.75, 3.05) is 18.0 Å². The van der Waals surface area contributed by atoms with Gasteiger partial charge in [0.1, 0.15) is 5.92 Å². The fourth-order valence-electron chi connectivity index (χ4n) is 2.04. The Balaban J connectivity index is 2.31. The zero-order valence-corrected chi connectivity index (χ0v) is 8.44. The molecule has 0 aliphatic carbocycles. The Kier molecular flexibility index (Phi) is 2.77. The number of carboxylic acids is 1. The maximum Gasteiger partial charge on any atom is 0.312 e. The molecule has 1 atom stereocenters. The lowest BCUT2D eigenvalue weighted by atomic mass is 10.0. The number of rotatable bonds is 3. The Hall–Kier alpha value is -1.65. The largest absolute Gasteiger partial charge is 0.481 e. The summed E-state index contributed by atoms with van der Waals surface area (Å²) in [5.41, 5.74) is 1.23. The van der Waals surface area contributed by atoms with Crippen LogP contribution in [0.2, 0.25) is 0 Å². The van der Waals surface area contributed by atoms with E-state index < -0.39 is 24.9 Å². The van der Waals surface area contributed by atoms with Gasteiger partial charge in [0, 0.05) is 12.2 Å². The highest BCUT2D eigenvalue weighted by Crippen LogP contribution is 2.36. The summed E-state index contributed by atoms with van der Waals surface area (Å²) in [7, 11) is 0. The summed E-state index contributed by atoms with van der Waals surface area (Å²) in [4.78, 5) is 12.4. The summed E-state index contributed by atoms with van der Waals surface area (Å²) in [5.74, 6) is -1.67. The molecule has 2 rings (SSSR count). The van der Waals surface area contributed by atoms with E-state index in [1.54, 1.807) is 24.3 Å². The van der Waals surface area contributed by atoms with Gasteiger partial charge >= 0.3 is 5.97 Å². The maximum atomic E-state index is 12.3. The smallest absolute Gasteiger partial charge is 0.312 e. The van der Waals surface area contributed by atoms with Crippen LogP contribution < -0.4 is 4.90 Å². The summed E-state index contributed by atoms with van der Waals surface area (Å²) in [6.07, 6.45) is -2.46. The van der Waals surface area contributed by atoms with E-state index in [0.717, 1.165) is 0 Å². The van der Waals surface area contributed by atoms with Crippen LogP contribution >= 0.6 is 0 Å². The lowest BCUT2D eigenvalue weighted by Gasteiger charge is -2.18. The Morgan fingerprint density at radius 1 is 1.50 bits per heavy atom. The average molecular weight is 227 g/mol. The number of hydrogen-bond acceptors (Lipinski definition) is 2. The summed E-state index contributed by atoms with van der Waals surface area (Å²) in [6, 6.07) is 6.81. The van der Waals surface area contributed by atoms with Crippen LogP contribution in [0.5, 0.6) is 0 Å². The maximum absolute atomic E-state index is 12.3. The van der Waals surface area contributed by atoms with Gasteiger partial charge in [-0.1, -0.05) is 18.2 Å². The molecule has 1 aromatic carbocycles. The van der Waals surface area contributed by atoms with E-state index in [1.165, 1.54) is 4.90 Å². The summed E-state index contributed by atoms with van der Waals surface area (Å²) in [5, 5.41) is 9.00. The van der Waals surface area contributed by atoms with Gasteiger partial charge in [0.05, 0.1) is 6.54 Å². The molecule has 0 saturated heterocycles. The van der Waals surface area contributed by atoms with Gasteiger partial charge in [-0.2, -0.15) is 0 Å². The lowest BCUT2D eigenvalue weighted by molar-refractivity contribution is -0.138. The highest BCUT2D eigenvalue weighted by molar-refractivity contribution is 5.82. The van der Waals surface area contributed by atoms with Crippen molar-refractivity contribution >= 4 is 11.7 Å². The number of alkyl halides is 2. The van der Waals surface area contributed by atoms with Crippen LogP contribution in [-0.4, -0.2) is 30.6 Å². The number of anilines is 1. The van der Waals surface area contributed by atoms with Crippen LogP contribution in [-0.2, 0) is 4.79 Å². The second kappa shape index (κ2) is 4.08. The number of aliphatic carboxylic acids is 1. The molecule has 1 unspecified atom stereocenters. The van der Waals surface area contributed by atoms with E-state index in [9.17, 15) is 13.6 Å². The first kappa shape index (κ1) is 10.9. The van der Waals surface area contributed by atoms with E-state index >= 15 is 0 Å². The second-order valence-electron chi connectivity index (χ2n) is 3.75. The van der Waals surface area contributed by atoms with Crippen molar-refractivity contribution in [3.8, 4) is 0 Å². The number of hydrogen-bond donors (Lipinski definition) is 1. The first-order valence-electron chi connectivity index (χ1n) is 4.94. The van der Waals surface area contributed by atoms with Crippen LogP contribution in [0.3, 0.4) is 0 Å². The molecule has 1 aromatic rings. The standard InChI is InChI=1S/C11H11F2NO2/c12-10(13)6-14-5-8(11(15)16)7-3-1-2-4-9(7)14/h1-4,8,10H,5-6H2,(H,15,16). The minimum atomic E-state index is -2.46. The molecule has 1 aliphatic heterocycles. The fourth-order valence-corrected chi connectivity index (χ4v) is 2.04. The van der Waals surface area contributed by atoms with Crippen molar-refractivity contribution in [2.45, 2.75) is 12.3 Å². The highest BCUT2D eigenvalue weighted by atomic mass is 19.3. The molecule has 1 aliphatic rings. The number of para-hydroxylation sites is 1. The molecule has 0 saturated carbocycles. The summed E-state index contributed by atoms with van der Waals surface area (Å²) >= 11 is 0. The molecule has 5 heteroatoms.